The lowest BCUT2D eigenvalue weighted by Crippen LogP contribution is -2.07. The van der Waals surface area contributed by atoms with Gasteiger partial charge in [0.25, 0.3) is 0 Å². The Morgan fingerprint density at radius 2 is 1.31 bits per heavy atom. The number of rotatable bonds is 12. The Hall–Kier alpha value is -3.01. The van der Waals surface area contributed by atoms with Crippen LogP contribution >= 0.6 is 0 Å². The van der Waals surface area contributed by atoms with Crippen LogP contribution in [0.3, 0.4) is 0 Å². The summed E-state index contributed by atoms with van der Waals surface area (Å²) in [7, 11) is 0. The van der Waals surface area contributed by atoms with E-state index in [9.17, 15) is 27.5 Å². The Labute approximate surface area is 207 Å². The van der Waals surface area contributed by atoms with E-state index in [1.165, 1.54) is 31.2 Å². The number of aliphatic hydroxyl groups is 1. The lowest BCUT2D eigenvalue weighted by Gasteiger charge is -2.14. The third-order valence-electron chi connectivity index (χ3n) is 5.58. The largest absolute Gasteiger partial charge is 0.489 e. The summed E-state index contributed by atoms with van der Waals surface area (Å²) in [5.41, 5.74) is 1.03. The minimum Gasteiger partial charge on any atom is -0.489 e. The Morgan fingerprint density at radius 1 is 0.833 bits per heavy atom. The van der Waals surface area contributed by atoms with Crippen LogP contribution in [0.2, 0.25) is 0 Å². The van der Waals surface area contributed by atoms with Crippen molar-refractivity contribution in [2.45, 2.75) is 58.9 Å². The summed E-state index contributed by atoms with van der Waals surface area (Å²) in [6.07, 6.45) is 3.74. The van der Waals surface area contributed by atoms with Gasteiger partial charge in [0.05, 0.1) is 19.3 Å². The highest BCUT2D eigenvalue weighted by molar-refractivity contribution is 5.94. The molecule has 2 aliphatic rings. The highest BCUT2D eigenvalue weighted by Crippen LogP contribution is 2.36. The van der Waals surface area contributed by atoms with Crippen molar-refractivity contribution in [2.75, 3.05) is 13.2 Å². The van der Waals surface area contributed by atoms with Crippen LogP contribution in [0.5, 0.6) is 23.0 Å². The van der Waals surface area contributed by atoms with Gasteiger partial charge in [-0.25, -0.2) is 0 Å². The summed E-state index contributed by atoms with van der Waals surface area (Å²) in [6, 6.07) is 8.73. The van der Waals surface area contributed by atoms with Crippen molar-refractivity contribution >= 4 is 5.78 Å². The van der Waals surface area contributed by atoms with Gasteiger partial charge in [-0.2, -0.15) is 17.6 Å². The number of carbonyl (C=O) groups is 1. The molecule has 2 aliphatic carbocycles. The van der Waals surface area contributed by atoms with Crippen LogP contribution in [0.25, 0.3) is 0 Å². The van der Waals surface area contributed by atoms with Crippen molar-refractivity contribution in [3.63, 3.8) is 0 Å². The minimum atomic E-state index is -2.91. The van der Waals surface area contributed by atoms with E-state index >= 15 is 0 Å². The SMILES string of the molecule is CC(=O)c1ccc(OC(F)F)c(OCC2CC2)c1.CC(O)c1ccc(OC(F)F)c(OCC2CC2)c1. The Bertz CT molecular complexity index is 1010. The van der Waals surface area contributed by atoms with Gasteiger partial charge in [0.15, 0.2) is 28.8 Å². The molecule has 36 heavy (non-hydrogen) atoms. The fourth-order valence-electron chi connectivity index (χ4n) is 3.11. The number of alkyl halides is 4. The first-order chi connectivity index (χ1) is 17.1. The zero-order valence-corrected chi connectivity index (χ0v) is 20.1. The predicted molar refractivity (Wildman–Crippen MR) is 123 cm³/mol. The first kappa shape index (κ1) is 27.6. The molecule has 10 heteroatoms. The van der Waals surface area contributed by atoms with E-state index in [1.54, 1.807) is 19.1 Å². The molecular weight excluding hydrogens is 484 g/mol. The molecule has 6 nitrogen and oxygen atoms in total. The van der Waals surface area contributed by atoms with Gasteiger partial charge in [-0.1, -0.05) is 6.07 Å². The van der Waals surface area contributed by atoms with E-state index in [1.807, 2.05) is 0 Å². The zero-order valence-electron chi connectivity index (χ0n) is 20.1. The van der Waals surface area contributed by atoms with Crippen LogP contribution < -0.4 is 18.9 Å². The molecule has 198 valence electrons. The number of benzene rings is 2. The van der Waals surface area contributed by atoms with Gasteiger partial charge in [-0.3, -0.25) is 4.79 Å². The maximum Gasteiger partial charge on any atom is 0.387 e. The van der Waals surface area contributed by atoms with Crippen molar-refractivity contribution in [2.24, 2.45) is 11.8 Å². The molecule has 1 atom stereocenters. The topological polar surface area (TPSA) is 74.2 Å². The van der Waals surface area contributed by atoms with E-state index in [-0.39, 0.29) is 28.8 Å². The summed E-state index contributed by atoms with van der Waals surface area (Å²) >= 11 is 0. The summed E-state index contributed by atoms with van der Waals surface area (Å²) in [4.78, 5) is 11.2. The van der Waals surface area contributed by atoms with E-state index < -0.39 is 19.3 Å². The molecule has 0 bridgehead atoms. The normalized spacial score (nSPS) is 15.7. The van der Waals surface area contributed by atoms with E-state index in [0.29, 0.717) is 36.2 Å². The van der Waals surface area contributed by atoms with Crippen LogP contribution in [0.15, 0.2) is 36.4 Å². The predicted octanol–water partition coefficient (Wildman–Crippen LogP) is 6.41. The summed E-state index contributed by atoms with van der Waals surface area (Å²) < 4.78 is 68.6. The second-order valence-corrected chi connectivity index (χ2v) is 8.87. The summed E-state index contributed by atoms with van der Waals surface area (Å²) in [5.74, 6) is 1.31. The van der Waals surface area contributed by atoms with Gasteiger partial charge < -0.3 is 24.1 Å². The smallest absolute Gasteiger partial charge is 0.387 e. The molecule has 0 radical (unpaired) electrons. The van der Waals surface area contributed by atoms with Crippen molar-refractivity contribution in [3.05, 3.63) is 47.5 Å². The molecule has 4 rings (SSSR count). The number of Topliss-reactive ketones (excluding diaryl/α,β-unsaturated/α-hetero) is 1. The molecule has 1 unspecified atom stereocenters. The van der Waals surface area contributed by atoms with Crippen LogP contribution in [0, 0.1) is 11.8 Å². The van der Waals surface area contributed by atoms with Crippen LogP contribution in [-0.2, 0) is 0 Å². The summed E-state index contributed by atoms with van der Waals surface area (Å²) in [5, 5.41) is 9.47. The third kappa shape index (κ3) is 9.22. The van der Waals surface area contributed by atoms with Crippen LogP contribution in [0.1, 0.15) is 61.6 Å². The van der Waals surface area contributed by atoms with Crippen LogP contribution in [0.4, 0.5) is 17.6 Å². The van der Waals surface area contributed by atoms with Crippen molar-refractivity contribution in [1.29, 1.82) is 0 Å². The molecule has 0 aromatic heterocycles. The second kappa shape index (κ2) is 12.8. The zero-order chi connectivity index (χ0) is 26.2. The number of aliphatic hydroxyl groups excluding tert-OH is 1. The fourth-order valence-corrected chi connectivity index (χ4v) is 3.11. The van der Waals surface area contributed by atoms with Crippen molar-refractivity contribution in [3.8, 4) is 23.0 Å². The highest BCUT2D eigenvalue weighted by Gasteiger charge is 2.24. The number of ether oxygens (including phenoxy) is 4. The minimum absolute atomic E-state index is 0.00931. The van der Waals surface area contributed by atoms with E-state index in [4.69, 9.17) is 9.47 Å². The average molecular weight is 515 g/mol. The number of hydrogen-bond acceptors (Lipinski definition) is 6. The molecule has 0 saturated heterocycles. The van der Waals surface area contributed by atoms with Crippen molar-refractivity contribution < 1.29 is 46.4 Å². The van der Waals surface area contributed by atoms with E-state index in [2.05, 4.69) is 9.47 Å². The maximum atomic E-state index is 12.2. The first-order valence-corrected chi connectivity index (χ1v) is 11.7. The molecule has 0 spiro atoms. The lowest BCUT2D eigenvalue weighted by atomic mass is 10.1. The number of halogens is 4. The third-order valence-corrected chi connectivity index (χ3v) is 5.58. The highest BCUT2D eigenvalue weighted by atomic mass is 19.3. The summed E-state index contributed by atoms with van der Waals surface area (Å²) in [6.45, 7) is -1.80. The Balaban J connectivity index is 0.000000201. The Kier molecular flexibility index (Phi) is 9.81. The number of carbonyl (C=O) groups excluding carboxylic acids is 1. The van der Waals surface area contributed by atoms with Gasteiger partial charge in [-0.15, -0.1) is 0 Å². The van der Waals surface area contributed by atoms with Crippen molar-refractivity contribution in [1.82, 2.24) is 0 Å². The number of ketones is 1. The van der Waals surface area contributed by atoms with E-state index in [0.717, 1.165) is 25.7 Å². The van der Waals surface area contributed by atoms with Gasteiger partial charge in [0.2, 0.25) is 0 Å². The molecule has 2 fully saturated rings. The quantitative estimate of drug-likeness (QED) is 0.261. The Morgan fingerprint density at radius 3 is 1.72 bits per heavy atom. The second-order valence-electron chi connectivity index (χ2n) is 8.87. The first-order valence-electron chi connectivity index (χ1n) is 11.7. The maximum absolute atomic E-state index is 12.2. The molecule has 2 aromatic carbocycles. The molecule has 0 aliphatic heterocycles. The van der Waals surface area contributed by atoms with Gasteiger partial charge in [0, 0.05) is 5.56 Å². The molecule has 2 saturated carbocycles. The average Bonchev–Trinajstić information content (AvgIpc) is 3.72. The number of hydrogen-bond donors (Lipinski definition) is 1. The molecule has 0 amide bonds. The van der Waals surface area contributed by atoms with Gasteiger partial charge in [-0.05, 0) is 87.3 Å². The molecule has 2 aromatic rings. The monoisotopic (exact) mass is 514 g/mol. The molecular formula is C26H30F4O6. The lowest BCUT2D eigenvalue weighted by molar-refractivity contribution is -0.0521. The fraction of sp³-hybridized carbons (Fsp3) is 0.500. The standard InChI is InChI=1S/C13H16F2O3.C13H14F2O3/c2*1-8(16)10-4-5-11(18-13(14)15)12(6-10)17-7-9-2-3-9/h4-6,8-9,13,16H,2-3,7H2,1H3;4-6,9,13H,2-3,7H2,1H3. The van der Waals surface area contributed by atoms with Gasteiger partial charge >= 0.3 is 13.2 Å². The van der Waals surface area contributed by atoms with Gasteiger partial charge in [0.1, 0.15) is 0 Å². The molecule has 1 N–H and O–H groups in total. The van der Waals surface area contributed by atoms with Crippen LogP contribution in [-0.4, -0.2) is 37.3 Å². The molecule has 0 heterocycles.